The normalized spacial score (nSPS) is 14.4. The summed E-state index contributed by atoms with van der Waals surface area (Å²) in [5.41, 5.74) is 10.1. The number of hydrogen-bond acceptors (Lipinski definition) is 4. The highest BCUT2D eigenvalue weighted by Gasteiger charge is 2.18. The van der Waals surface area contributed by atoms with Crippen molar-refractivity contribution in [2.75, 3.05) is 13.1 Å². The molecular formula is C32H31FN6. The second-order valence-corrected chi connectivity index (χ2v) is 10.3. The third-order valence-corrected chi connectivity index (χ3v) is 7.34. The molecule has 4 aromatic heterocycles. The van der Waals surface area contributed by atoms with Crippen LogP contribution in [0.15, 0.2) is 73.7 Å². The van der Waals surface area contributed by atoms with E-state index in [4.69, 9.17) is 4.98 Å². The molecule has 6 nitrogen and oxygen atoms in total. The molecule has 6 rings (SSSR count). The van der Waals surface area contributed by atoms with Crippen LogP contribution in [0, 0.1) is 19.7 Å². The van der Waals surface area contributed by atoms with Crippen molar-refractivity contribution < 1.29 is 4.39 Å². The van der Waals surface area contributed by atoms with Crippen molar-refractivity contribution in [3.63, 3.8) is 0 Å². The van der Waals surface area contributed by atoms with Crippen LogP contribution in [0.3, 0.4) is 0 Å². The van der Waals surface area contributed by atoms with E-state index in [1.54, 1.807) is 12.1 Å². The molecule has 0 radical (unpaired) electrons. The van der Waals surface area contributed by atoms with Crippen LogP contribution in [-0.4, -0.2) is 43.1 Å². The van der Waals surface area contributed by atoms with Crippen LogP contribution < -0.4 is 0 Å². The minimum atomic E-state index is -0.259. The summed E-state index contributed by atoms with van der Waals surface area (Å²) in [6, 6.07) is 11.4. The van der Waals surface area contributed by atoms with E-state index in [1.807, 2.05) is 44.6 Å². The zero-order valence-corrected chi connectivity index (χ0v) is 22.3. The predicted molar refractivity (Wildman–Crippen MR) is 155 cm³/mol. The van der Waals surface area contributed by atoms with Crippen molar-refractivity contribution in [1.82, 2.24) is 30.0 Å². The Bertz CT molecular complexity index is 1680. The number of aromatic amines is 2. The topological polar surface area (TPSA) is 73.5 Å². The number of aromatic nitrogens is 5. The fourth-order valence-electron chi connectivity index (χ4n) is 5.51. The Labute approximate surface area is 227 Å². The Morgan fingerprint density at radius 2 is 1.90 bits per heavy atom. The van der Waals surface area contributed by atoms with Crippen LogP contribution in [0.4, 0.5) is 4.39 Å². The van der Waals surface area contributed by atoms with Crippen LogP contribution in [0.5, 0.6) is 0 Å². The lowest BCUT2D eigenvalue weighted by Crippen LogP contribution is -2.18. The quantitative estimate of drug-likeness (QED) is 0.228. The summed E-state index contributed by atoms with van der Waals surface area (Å²) < 4.78 is 14.3. The molecular weight excluding hydrogens is 487 g/mol. The number of pyridine rings is 2. The number of likely N-dealkylation sites (tertiary alicyclic amines) is 1. The summed E-state index contributed by atoms with van der Waals surface area (Å²) in [5.74, 6) is -0.259. The second kappa shape index (κ2) is 10.4. The number of halogens is 1. The fourth-order valence-corrected chi connectivity index (χ4v) is 5.51. The molecule has 5 aromatic rings. The molecule has 0 unspecified atom stereocenters. The number of nitrogens with zero attached hydrogens (tertiary/aromatic N) is 4. The van der Waals surface area contributed by atoms with Gasteiger partial charge in [0.2, 0.25) is 0 Å². The maximum Gasteiger partial charge on any atom is 0.124 e. The fraction of sp³-hybridized carbons (Fsp3) is 0.219. The molecule has 1 aliphatic heterocycles. The maximum atomic E-state index is 14.3. The molecule has 1 aromatic carbocycles. The van der Waals surface area contributed by atoms with Gasteiger partial charge in [0, 0.05) is 41.1 Å². The molecule has 7 heteroatoms. The molecule has 0 bridgehead atoms. The summed E-state index contributed by atoms with van der Waals surface area (Å²) in [6.07, 6.45) is 11.8. The van der Waals surface area contributed by atoms with Gasteiger partial charge in [0.1, 0.15) is 11.5 Å². The van der Waals surface area contributed by atoms with Crippen molar-refractivity contribution in [2.45, 2.75) is 33.2 Å². The molecule has 39 heavy (non-hydrogen) atoms. The number of H-pyrrole nitrogens is 2. The molecule has 2 N–H and O–H groups in total. The molecule has 1 saturated heterocycles. The zero-order chi connectivity index (χ0) is 26.9. The van der Waals surface area contributed by atoms with Crippen molar-refractivity contribution in [3.05, 3.63) is 107 Å². The number of allylic oxidation sites excluding steroid dienone is 2. The van der Waals surface area contributed by atoms with E-state index < -0.39 is 0 Å². The van der Waals surface area contributed by atoms with Crippen LogP contribution >= 0.6 is 0 Å². The minimum absolute atomic E-state index is 0.259. The largest absolute Gasteiger partial charge is 0.357 e. The highest BCUT2D eigenvalue weighted by Crippen LogP contribution is 2.34. The lowest BCUT2D eigenvalue weighted by Gasteiger charge is -2.14. The molecule has 1 aliphatic rings. The van der Waals surface area contributed by atoms with Gasteiger partial charge in [0.25, 0.3) is 0 Å². The van der Waals surface area contributed by atoms with E-state index in [1.165, 1.54) is 24.5 Å². The maximum absolute atomic E-state index is 14.3. The first-order chi connectivity index (χ1) is 19.0. The van der Waals surface area contributed by atoms with Gasteiger partial charge in [-0.1, -0.05) is 24.8 Å². The van der Waals surface area contributed by atoms with Gasteiger partial charge in [-0.05, 0) is 92.4 Å². The molecule has 0 atom stereocenters. The molecule has 0 aliphatic carbocycles. The van der Waals surface area contributed by atoms with Gasteiger partial charge in [0.15, 0.2) is 0 Å². The average Bonchev–Trinajstić information content (AvgIpc) is 3.67. The van der Waals surface area contributed by atoms with E-state index >= 15 is 0 Å². The predicted octanol–water partition coefficient (Wildman–Crippen LogP) is 6.98. The summed E-state index contributed by atoms with van der Waals surface area (Å²) in [4.78, 5) is 15.2. The zero-order valence-electron chi connectivity index (χ0n) is 22.3. The molecule has 0 spiro atoms. The smallest absolute Gasteiger partial charge is 0.124 e. The van der Waals surface area contributed by atoms with Gasteiger partial charge < -0.3 is 4.98 Å². The monoisotopic (exact) mass is 518 g/mol. The third kappa shape index (κ3) is 5.05. The summed E-state index contributed by atoms with van der Waals surface area (Å²) in [7, 11) is 0. The van der Waals surface area contributed by atoms with Gasteiger partial charge in [-0.15, -0.1) is 0 Å². The van der Waals surface area contributed by atoms with Crippen molar-refractivity contribution in [2.24, 2.45) is 0 Å². The summed E-state index contributed by atoms with van der Waals surface area (Å²) >= 11 is 0. The second-order valence-electron chi connectivity index (χ2n) is 10.3. The number of rotatable bonds is 7. The number of hydrogen-bond donors (Lipinski definition) is 2. The number of aryl methyl sites for hydroxylation is 2. The summed E-state index contributed by atoms with van der Waals surface area (Å²) in [5, 5.41) is 8.71. The van der Waals surface area contributed by atoms with Crippen molar-refractivity contribution >= 4 is 16.5 Å². The first kappa shape index (κ1) is 24.9. The van der Waals surface area contributed by atoms with Crippen LogP contribution in [0.25, 0.3) is 39.1 Å². The Balaban J connectivity index is 1.37. The lowest BCUT2D eigenvalue weighted by molar-refractivity contribution is 0.331. The van der Waals surface area contributed by atoms with Crippen molar-refractivity contribution in [3.8, 4) is 22.6 Å². The van der Waals surface area contributed by atoms with Gasteiger partial charge in [0.05, 0.1) is 23.1 Å². The average molecular weight is 519 g/mol. The molecule has 1 fully saturated rings. The molecule has 5 heterocycles. The van der Waals surface area contributed by atoms with Gasteiger partial charge in [-0.25, -0.2) is 4.39 Å². The van der Waals surface area contributed by atoms with Crippen LogP contribution in [0.1, 0.15) is 40.8 Å². The lowest BCUT2D eigenvalue weighted by atomic mass is 9.96. The van der Waals surface area contributed by atoms with E-state index in [-0.39, 0.29) is 5.82 Å². The standard InChI is InChI=1S/C32H31FN6/c1-4-7-26(23-10-20(2)11-25(33)13-23)27-14-30(36-21(27)3)32-28-15-29(35-18-31(28)37-38-32)24-12-22(16-34-17-24)19-39-8-5-6-9-39/h4,7,10-18,36H,1,5-6,8-9,19H2,2-3H3,(H,37,38)/b26-7-. The number of nitrogens with one attached hydrogen (secondary N) is 2. The third-order valence-electron chi connectivity index (χ3n) is 7.34. The first-order valence-electron chi connectivity index (χ1n) is 13.3. The van der Waals surface area contributed by atoms with E-state index in [2.05, 4.69) is 49.8 Å². The first-order valence-corrected chi connectivity index (χ1v) is 13.3. The number of fused-ring (bicyclic) bond motifs is 1. The Morgan fingerprint density at radius 3 is 2.69 bits per heavy atom. The Kier molecular flexibility index (Phi) is 6.67. The van der Waals surface area contributed by atoms with Gasteiger partial charge in [-0.3, -0.25) is 20.0 Å². The highest BCUT2D eigenvalue weighted by molar-refractivity contribution is 5.95. The van der Waals surface area contributed by atoms with Gasteiger partial charge in [-0.2, -0.15) is 5.10 Å². The van der Waals surface area contributed by atoms with Crippen LogP contribution in [-0.2, 0) is 6.54 Å². The van der Waals surface area contributed by atoms with Crippen molar-refractivity contribution in [1.29, 1.82) is 0 Å². The summed E-state index contributed by atoms with van der Waals surface area (Å²) in [6.45, 7) is 11.0. The minimum Gasteiger partial charge on any atom is -0.357 e. The van der Waals surface area contributed by atoms with Gasteiger partial charge >= 0.3 is 0 Å². The molecule has 0 saturated carbocycles. The van der Waals surface area contributed by atoms with E-state index in [0.29, 0.717) is 0 Å². The van der Waals surface area contributed by atoms with Crippen LogP contribution in [0.2, 0.25) is 0 Å². The molecule has 196 valence electrons. The van der Waals surface area contributed by atoms with E-state index in [9.17, 15) is 4.39 Å². The highest BCUT2D eigenvalue weighted by atomic mass is 19.1. The Hall–Kier alpha value is -4.36. The Morgan fingerprint density at radius 1 is 1.05 bits per heavy atom. The molecule has 0 amide bonds. The number of benzene rings is 1. The van der Waals surface area contributed by atoms with E-state index in [0.717, 1.165) is 81.1 Å². The SMILES string of the molecule is C=C/C=C(/c1cc(C)cc(F)c1)c1cc(-c2n[nH]c3cnc(-c4cncc(CN5CCCC5)c4)cc23)[nH]c1C.